The molecule has 2 aliphatic rings. The predicted molar refractivity (Wildman–Crippen MR) is 98.6 cm³/mol. The molecule has 0 unspecified atom stereocenters. The van der Waals surface area contributed by atoms with Crippen LogP contribution < -0.4 is 18.5 Å². The van der Waals surface area contributed by atoms with Crippen LogP contribution in [0.15, 0.2) is 42.5 Å². The van der Waals surface area contributed by atoms with Crippen molar-refractivity contribution in [1.82, 2.24) is 0 Å². The SMILES string of the molecule is C[C@@H]1Cc2ccccc2N1S(=O)(=O)CCCOc1ccc2c(c1)OCO2. The van der Waals surface area contributed by atoms with E-state index >= 15 is 0 Å². The molecule has 0 aromatic heterocycles. The second-order valence-electron chi connectivity index (χ2n) is 6.51. The van der Waals surface area contributed by atoms with Crippen LogP contribution in [0.3, 0.4) is 0 Å². The number of ether oxygens (including phenoxy) is 3. The summed E-state index contributed by atoms with van der Waals surface area (Å²) in [5, 5.41) is 0. The van der Waals surface area contributed by atoms with Crippen LogP contribution >= 0.6 is 0 Å². The van der Waals surface area contributed by atoms with Crippen LogP contribution in [0.5, 0.6) is 17.2 Å². The number of rotatable bonds is 6. The van der Waals surface area contributed by atoms with E-state index in [0.717, 1.165) is 17.7 Å². The van der Waals surface area contributed by atoms with Gasteiger partial charge in [-0.25, -0.2) is 8.42 Å². The lowest BCUT2D eigenvalue weighted by Crippen LogP contribution is -2.37. The fourth-order valence-electron chi connectivity index (χ4n) is 3.46. The molecule has 4 rings (SSSR count). The fourth-order valence-corrected chi connectivity index (χ4v) is 5.24. The molecule has 0 bridgehead atoms. The number of fused-ring (bicyclic) bond motifs is 2. The summed E-state index contributed by atoms with van der Waals surface area (Å²) in [7, 11) is -3.38. The maximum Gasteiger partial charge on any atom is 0.235 e. The highest BCUT2D eigenvalue weighted by Gasteiger charge is 2.34. The minimum atomic E-state index is -3.38. The maximum absolute atomic E-state index is 12.8. The third-order valence-electron chi connectivity index (χ3n) is 4.60. The maximum atomic E-state index is 12.8. The van der Waals surface area contributed by atoms with Crippen LogP contribution in [0.2, 0.25) is 0 Å². The van der Waals surface area contributed by atoms with E-state index in [0.29, 0.717) is 30.3 Å². The zero-order valence-electron chi connectivity index (χ0n) is 14.6. The molecular weight excluding hydrogens is 354 g/mol. The van der Waals surface area contributed by atoms with Gasteiger partial charge in [-0.05, 0) is 43.5 Å². The molecule has 0 fully saturated rings. The van der Waals surface area contributed by atoms with E-state index in [2.05, 4.69) is 0 Å². The van der Waals surface area contributed by atoms with E-state index < -0.39 is 10.0 Å². The number of hydrogen-bond acceptors (Lipinski definition) is 5. The van der Waals surface area contributed by atoms with Crippen molar-refractivity contribution in [2.24, 2.45) is 0 Å². The van der Waals surface area contributed by atoms with E-state index in [1.165, 1.54) is 0 Å². The number of anilines is 1. The number of para-hydroxylation sites is 1. The smallest absolute Gasteiger partial charge is 0.235 e. The summed E-state index contributed by atoms with van der Waals surface area (Å²) < 4.78 is 43.4. The quantitative estimate of drug-likeness (QED) is 0.727. The van der Waals surface area contributed by atoms with Crippen molar-refractivity contribution in [3.63, 3.8) is 0 Å². The molecule has 0 N–H and O–H groups in total. The fraction of sp³-hybridized carbons (Fsp3) is 0.368. The average Bonchev–Trinajstić information content (AvgIpc) is 3.21. The van der Waals surface area contributed by atoms with Gasteiger partial charge in [-0.15, -0.1) is 0 Å². The molecule has 0 radical (unpaired) electrons. The van der Waals surface area contributed by atoms with E-state index in [4.69, 9.17) is 14.2 Å². The van der Waals surface area contributed by atoms with Crippen molar-refractivity contribution in [2.45, 2.75) is 25.8 Å². The van der Waals surface area contributed by atoms with Gasteiger partial charge in [0, 0.05) is 12.1 Å². The molecule has 6 nitrogen and oxygen atoms in total. The topological polar surface area (TPSA) is 65.1 Å². The molecule has 138 valence electrons. The lowest BCUT2D eigenvalue weighted by molar-refractivity contribution is 0.173. The molecule has 2 aromatic rings. The van der Waals surface area contributed by atoms with Crippen molar-refractivity contribution in [3.8, 4) is 17.2 Å². The van der Waals surface area contributed by atoms with Crippen molar-refractivity contribution >= 4 is 15.7 Å². The van der Waals surface area contributed by atoms with Gasteiger partial charge < -0.3 is 14.2 Å². The Morgan fingerprint density at radius 3 is 2.85 bits per heavy atom. The van der Waals surface area contributed by atoms with Gasteiger partial charge in [0.25, 0.3) is 0 Å². The minimum absolute atomic E-state index is 0.0489. The third kappa shape index (κ3) is 3.19. The Balaban J connectivity index is 1.36. The summed E-state index contributed by atoms with van der Waals surface area (Å²) >= 11 is 0. The highest BCUT2D eigenvalue weighted by atomic mass is 32.2. The van der Waals surface area contributed by atoms with E-state index in [1.807, 2.05) is 31.2 Å². The van der Waals surface area contributed by atoms with Gasteiger partial charge >= 0.3 is 0 Å². The van der Waals surface area contributed by atoms with Crippen LogP contribution in [0.1, 0.15) is 18.9 Å². The summed E-state index contributed by atoms with van der Waals surface area (Å²) in [4.78, 5) is 0. The normalized spacial score (nSPS) is 18.0. The largest absolute Gasteiger partial charge is 0.493 e. The molecule has 0 spiro atoms. The number of sulfonamides is 1. The van der Waals surface area contributed by atoms with Crippen LogP contribution in [-0.2, 0) is 16.4 Å². The van der Waals surface area contributed by atoms with Crippen LogP contribution in [0.4, 0.5) is 5.69 Å². The number of nitrogens with zero attached hydrogens (tertiary/aromatic N) is 1. The van der Waals surface area contributed by atoms with E-state index in [1.54, 1.807) is 22.5 Å². The Kier molecular flexibility index (Phi) is 4.40. The van der Waals surface area contributed by atoms with Crippen LogP contribution in [-0.4, -0.2) is 33.6 Å². The summed E-state index contributed by atoms with van der Waals surface area (Å²) in [5.74, 6) is 2.04. The predicted octanol–water partition coefficient (Wildman–Crippen LogP) is 2.97. The van der Waals surface area contributed by atoms with Crippen LogP contribution in [0.25, 0.3) is 0 Å². The first-order chi connectivity index (χ1) is 12.5. The first kappa shape index (κ1) is 17.0. The second kappa shape index (κ2) is 6.72. The van der Waals surface area contributed by atoms with Gasteiger partial charge in [0.1, 0.15) is 5.75 Å². The number of benzene rings is 2. The van der Waals surface area contributed by atoms with Gasteiger partial charge in [0.05, 0.1) is 18.0 Å². The molecule has 1 atom stereocenters. The molecule has 2 aromatic carbocycles. The zero-order chi connectivity index (χ0) is 18.1. The van der Waals surface area contributed by atoms with Gasteiger partial charge in [-0.2, -0.15) is 0 Å². The molecule has 0 saturated carbocycles. The molecule has 0 amide bonds. The standard InChI is InChI=1S/C19H21NO5S/c1-14-11-15-5-2-3-6-17(15)20(14)26(21,22)10-4-9-23-16-7-8-18-19(12-16)25-13-24-18/h2-3,5-8,12,14H,4,9-11,13H2,1H3/t14-/m1/s1. The Bertz CT molecular complexity index is 912. The summed E-state index contributed by atoms with van der Waals surface area (Å²) in [5.41, 5.74) is 1.89. The number of hydrogen-bond donors (Lipinski definition) is 0. The second-order valence-corrected chi connectivity index (χ2v) is 8.48. The molecule has 0 aliphatic carbocycles. The molecule has 2 heterocycles. The zero-order valence-corrected chi connectivity index (χ0v) is 15.4. The Hall–Kier alpha value is -2.41. The van der Waals surface area contributed by atoms with Crippen molar-refractivity contribution < 1.29 is 22.6 Å². The lowest BCUT2D eigenvalue weighted by atomic mass is 10.1. The summed E-state index contributed by atoms with van der Waals surface area (Å²) in [6, 6.07) is 13.0. The molecule has 0 saturated heterocycles. The van der Waals surface area contributed by atoms with Gasteiger partial charge in [0.2, 0.25) is 16.8 Å². The summed E-state index contributed by atoms with van der Waals surface area (Å²) in [6.07, 6.45) is 1.17. The first-order valence-corrected chi connectivity index (χ1v) is 10.3. The average molecular weight is 375 g/mol. The van der Waals surface area contributed by atoms with E-state index in [9.17, 15) is 8.42 Å². The minimum Gasteiger partial charge on any atom is -0.493 e. The Labute approximate surface area is 153 Å². The highest BCUT2D eigenvalue weighted by Crippen LogP contribution is 2.36. The molecule has 2 aliphatic heterocycles. The monoisotopic (exact) mass is 375 g/mol. The van der Waals surface area contributed by atoms with Gasteiger partial charge in [-0.3, -0.25) is 4.31 Å². The molecular formula is C19H21NO5S. The van der Waals surface area contributed by atoms with Gasteiger partial charge in [0.15, 0.2) is 11.5 Å². The van der Waals surface area contributed by atoms with Crippen LogP contribution in [0, 0.1) is 0 Å². The first-order valence-electron chi connectivity index (χ1n) is 8.67. The van der Waals surface area contributed by atoms with E-state index in [-0.39, 0.29) is 18.6 Å². The highest BCUT2D eigenvalue weighted by molar-refractivity contribution is 7.92. The third-order valence-corrected chi connectivity index (χ3v) is 6.56. The van der Waals surface area contributed by atoms with Crippen molar-refractivity contribution in [3.05, 3.63) is 48.0 Å². The molecule has 7 heteroatoms. The van der Waals surface area contributed by atoms with Gasteiger partial charge in [-0.1, -0.05) is 18.2 Å². The Morgan fingerprint density at radius 1 is 1.15 bits per heavy atom. The molecule has 26 heavy (non-hydrogen) atoms. The Morgan fingerprint density at radius 2 is 1.96 bits per heavy atom. The summed E-state index contributed by atoms with van der Waals surface area (Å²) in [6.45, 7) is 2.48. The van der Waals surface area contributed by atoms with Crippen molar-refractivity contribution in [1.29, 1.82) is 0 Å². The van der Waals surface area contributed by atoms with Crippen molar-refractivity contribution in [2.75, 3.05) is 23.5 Å². The lowest BCUT2D eigenvalue weighted by Gasteiger charge is -2.24.